The molecule has 1 N–H and O–H groups in total. The van der Waals surface area contributed by atoms with Gasteiger partial charge in [0.2, 0.25) is 11.8 Å². The highest BCUT2D eigenvalue weighted by Crippen LogP contribution is 2.18. The van der Waals surface area contributed by atoms with Crippen LogP contribution in [0, 0.1) is 6.92 Å². The fraction of sp³-hybridized carbons (Fsp3) is 0.692. The highest BCUT2D eigenvalue weighted by molar-refractivity contribution is 5.32. The zero-order chi connectivity index (χ0) is 12.8. The lowest BCUT2D eigenvalue weighted by Crippen LogP contribution is -2.26. The Morgan fingerprint density at radius 2 is 2.39 bits per heavy atom. The van der Waals surface area contributed by atoms with E-state index < -0.39 is 0 Å². The molecule has 1 unspecified atom stereocenters. The number of nitrogens with zero attached hydrogens (tertiary/aromatic N) is 2. The average Bonchev–Trinajstić information content (AvgIpc) is 2.41. The summed E-state index contributed by atoms with van der Waals surface area (Å²) >= 11 is 0. The molecule has 2 rings (SSSR count). The number of aryl methyl sites for hydroxylation is 1. The van der Waals surface area contributed by atoms with E-state index in [1.807, 2.05) is 13.8 Å². The molecule has 0 amide bonds. The lowest BCUT2D eigenvalue weighted by atomic mass is 10.1. The van der Waals surface area contributed by atoms with Crippen molar-refractivity contribution in [2.75, 3.05) is 25.1 Å². The third-order valence-corrected chi connectivity index (χ3v) is 2.94. The van der Waals surface area contributed by atoms with E-state index >= 15 is 0 Å². The summed E-state index contributed by atoms with van der Waals surface area (Å²) in [6, 6.07) is 0. The minimum absolute atomic E-state index is 0.204. The summed E-state index contributed by atoms with van der Waals surface area (Å²) in [5.41, 5.74) is 0.951. The molecular weight excluding hydrogens is 230 g/mol. The molecule has 5 nitrogen and oxygen atoms in total. The molecular formula is C13H21N3O2. The van der Waals surface area contributed by atoms with E-state index in [1.54, 1.807) is 6.20 Å². The summed E-state index contributed by atoms with van der Waals surface area (Å²) in [5.74, 6) is 1.26. The number of ether oxygens (including phenoxy) is 2. The summed E-state index contributed by atoms with van der Waals surface area (Å²) in [6.45, 7) is 6.18. The fourth-order valence-electron chi connectivity index (χ4n) is 1.93. The molecule has 1 aromatic heterocycles. The molecule has 1 aliphatic heterocycles. The monoisotopic (exact) mass is 251 g/mol. The highest BCUT2D eigenvalue weighted by Gasteiger charge is 2.15. The normalized spacial score (nSPS) is 19.6. The van der Waals surface area contributed by atoms with Crippen LogP contribution in [0.1, 0.15) is 31.7 Å². The van der Waals surface area contributed by atoms with E-state index in [0.29, 0.717) is 18.4 Å². The van der Waals surface area contributed by atoms with Gasteiger partial charge in [-0.1, -0.05) is 0 Å². The van der Waals surface area contributed by atoms with Crippen LogP contribution < -0.4 is 10.1 Å². The topological polar surface area (TPSA) is 56.3 Å². The second-order valence-electron chi connectivity index (χ2n) is 4.51. The van der Waals surface area contributed by atoms with Gasteiger partial charge in [0.05, 0.1) is 6.10 Å². The molecule has 1 aliphatic rings. The van der Waals surface area contributed by atoms with E-state index in [4.69, 9.17) is 9.47 Å². The zero-order valence-electron chi connectivity index (χ0n) is 11.1. The SMILES string of the molecule is CCNc1ncc(C)c(OCC2CCCCO2)n1. The number of nitrogens with one attached hydrogen (secondary N) is 1. The van der Waals surface area contributed by atoms with Gasteiger partial charge in [-0.2, -0.15) is 4.98 Å². The average molecular weight is 251 g/mol. The molecule has 5 heteroatoms. The van der Waals surface area contributed by atoms with Crippen LogP contribution in [0.25, 0.3) is 0 Å². The largest absolute Gasteiger partial charge is 0.475 e. The highest BCUT2D eigenvalue weighted by atomic mass is 16.5. The van der Waals surface area contributed by atoms with Crippen LogP contribution in [0.3, 0.4) is 0 Å². The Balaban J connectivity index is 1.92. The molecule has 0 radical (unpaired) electrons. The van der Waals surface area contributed by atoms with Crippen molar-refractivity contribution in [2.45, 2.75) is 39.2 Å². The second kappa shape index (κ2) is 6.54. The molecule has 2 heterocycles. The summed E-state index contributed by atoms with van der Waals surface area (Å²) < 4.78 is 11.4. The maximum Gasteiger partial charge on any atom is 0.225 e. The van der Waals surface area contributed by atoms with Crippen molar-refractivity contribution in [2.24, 2.45) is 0 Å². The van der Waals surface area contributed by atoms with Crippen molar-refractivity contribution >= 4 is 5.95 Å². The molecule has 1 fully saturated rings. The molecule has 0 saturated carbocycles. The van der Waals surface area contributed by atoms with E-state index in [-0.39, 0.29) is 6.10 Å². The van der Waals surface area contributed by atoms with Gasteiger partial charge in [-0.3, -0.25) is 0 Å². The molecule has 0 spiro atoms. The lowest BCUT2D eigenvalue weighted by molar-refractivity contribution is -0.0120. The third kappa shape index (κ3) is 3.57. The van der Waals surface area contributed by atoms with Crippen molar-refractivity contribution < 1.29 is 9.47 Å². The van der Waals surface area contributed by atoms with E-state index in [0.717, 1.165) is 31.6 Å². The molecule has 18 heavy (non-hydrogen) atoms. The Hall–Kier alpha value is -1.36. The molecule has 0 bridgehead atoms. The van der Waals surface area contributed by atoms with E-state index in [1.165, 1.54) is 6.42 Å². The van der Waals surface area contributed by atoms with Crippen molar-refractivity contribution in [1.29, 1.82) is 0 Å². The minimum Gasteiger partial charge on any atom is -0.475 e. The molecule has 0 aromatic carbocycles. The Morgan fingerprint density at radius 3 is 3.11 bits per heavy atom. The summed E-state index contributed by atoms with van der Waals surface area (Å²) in [4.78, 5) is 8.54. The Labute approximate surface area is 108 Å². The minimum atomic E-state index is 0.204. The predicted octanol–water partition coefficient (Wildman–Crippen LogP) is 2.16. The summed E-state index contributed by atoms with van der Waals surface area (Å²) in [6.07, 6.45) is 5.44. The van der Waals surface area contributed by atoms with Gasteiger partial charge in [-0.25, -0.2) is 4.98 Å². The van der Waals surface area contributed by atoms with Crippen LogP contribution in [0.2, 0.25) is 0 Å². The Bertz CT molecular complexity index is 378. The number of anilines is 1. The van der Waals surface area contributed by atoms with Crippen LogP contribution in [0.5, 0.6) is 5.88 Å². The first kappa shape index (κ1) is 13.1. The van der Waals surface area contributed by atoms with Gasteiger partial charge in [-0.05, 0) is 33.1 Å². The van der Waals surface area contributed by atoms with Crippen molar-refractivity contribution in [3.05, 3.63) is 11.8 Å². The van der Waals surface area contributed by atoms with Crippen LogP contribution in [0.15, 0.2) is 6.20 Å². The third-order valence-electron chi connectivity index (χ3n) is 2.94. The second-order valence-corrected chi connectivity index (χ2v) is 4.51. The first-order valence-corrected chi connectivity index (χ1v) is 6.61. The first-order chi connectivity index (χ1) is 8.79. The lowest BCUT2D eigenvalue weighted by Gasteiger charge is -2.22. The van der Waals surface area contributed by atoms with Crippen LogP contribution >= 0.6 is 0 Å². The molecule has 1 saturated heterocycles. The van der Waals surface area contributed by atoms with Gasteiger partial charge in [0.1, 0.15) is 6.61 Å². The van der Waals surface area contributed by atoms with Crippen LogP contribution in [0.4, 0.5) is 5.95 Å². The van der Waals surface area contributed by atoms with Crippen LogP contribution in [-0.2, 0) is 4.74 Å². The number of hydrogen-bond donors (Lipinski definition) is 1. The van der Waals surface area contributed by atoms with Gasteiger partial charge in [0, 0.05) is 24.9 Å². The van der Waals surface area contributed by atoms with Crippen molar-refractivity contribution in [3.8, 4) is 5.88 Å². The van der Waals surface area contributed by atoms with E-state index in [9.17, 15) is 0 Å². The smallest absolute Gasteiger partial charge is 0.225 e. The van der Waals surface area contributed by atoms with Crippen molar-refractivity contribution in [3.63, 3.8) is 0 Å². The standard InChI is InChI=1S/C13H21N3O2/c1-3-14-13-15-8-10(2)12(16-13)18-9-11-6-4-5-7-17-11/h8,11H,3-7,9H2,1-2H3,(H,14,15,16). The van der Waals surface area contributed by atoms with E-state index in [2.05, 4.69) is 15.3 Å². The molecule has 1 atom stereocenters. The maximum atomic E-state index is 5.75. The van der Waals surface area contributed by atoms with Gasteiger partial charge < -0.3 is 14.8 Å². The number of rotatable bonds is 5. The molecule has 1 aromatic rings. The summed E-state index contributed by atoms with van der Waals surface area (Å²) in [7, 11) is 0. The van der Waals surface area contributed by atoms with Gasteiger partial charge in [0.15, 0.2) is 0 Å². The quantitative estimate of drug-likeness (QED) is 0.869. The molecule has 100 valence electrons. The fourth-order valence-corrected chi connectivity index (χ4v) is 1.93. The maximum absolute atomic E-state index is 5.75. The summed E-state index contributed by atoms with van der Waals surface area (Å²) in [5, 5.41) is 3.08. The van der Waals surface area contributed by atoms with Crippen molar-refractivity contribution in [1.82, 2.24) is 9.97 Å². The van der Waals surface area contributed by atoms with Gasteiger partial charge in [0.25, 0.3) is 0 Å². The van der Waals surface area contributed by atoms with Gasteiger partial charge in [-0.15, -0.1) is 0 Å². The first-order valence-electron chi connectivity index (χ1n) is 6.61. The zero-order valence-corrected chi connectivity index (χ0v) is 11.1. The van der Waals surface area contributed by atoms with Gasteiger partial charge >= 0.3 is 0 Å². The van der Waals surface area contributed by atoms with Crippen LogP contribution in [-0.4, -0.2) is 35.8 Å². The molecule has 0 aliphatic carbocycles. The predicted molar refractivity (Wildman–Crippen MR) is 70.0 cm³/mol. The number of aromatic nitrogens is 2. The Morgan fingerprint density at radius 1 is 1.50 bits per heavy atom. The number of hydrogen-bond acceptors (Lipinski definition) is 5. The Kier molecular flexibility index (Phi) is 4.75.